The lowest BCUT2D eigenvalue weighted by Gasteiger charge is -2.10. The Balaban J connectivity index is 1.85. The third-order valence-electron chi connectivity index (χ3n) is 3.77. The minimum Gasteiger partial charge on any atom is -0.324 e. The van der Waals surface area contributed by atoms with Crippen LogP contribution in [0.15, 0.2) is 36.7 Å². The van der Waals surface area contributed by atoms with Gasteiger partial charge in [-0.25, -0.2) is 15.0 Å². The number of hydrogen-bond donors (Lipinski definition) is 1. The van der Waals surface area contributed by atoms with Gasteiger partial charge in [-0.3, -0.25) is 4.79 Å². The monoisotopic (exact) mass is 417 g/mol. The molecule has 0 aliphatic rings. The van der Waals surface area contributed by atoms with E-state index in [0.29, 0.717) is 10.7 Å². The molecule has 2 heterocycles. The number of halogens is 3. The summed E-state index contributed by atoms with van der Waals surface area (Å²) in [6.45, 7) is 1.84. The molecule has 10 heteroatoms. The van der Waals surface area contributed by atoms with Crippen LogP contribution in [-0.2, 0) is 6.18 Å². The zero-order chi connectivity index (χ0) is 21.0. The van der Waals surface area contributed by atoms with Gasteiger partial charge in [-0.05, 0) is 36.2 Å². The van der Waals surface area contributed by atoms with Crippen LogP contribution in [0.3, 0.4) is 0 Å². The van der Waals surface area contributed by atoms with Gasteiger partial charge in [0.1, 0.15) is 5.69 Å². The van der Waals surface area contributed by atoms with Crippen LogP contribution in [0.4, 0.5) is 24.8 Å². The van der Waals surface area contributed by atoms with E-state index in [0.717, 1.165) is 28.3 Å². The Morgan fingerprint density at radius 2 is 2.07 bits per heavy atom. The highest BCUT2D eigenvalue weighted by molar-refractivity contribution is 7.17. The maximum atomic E-state index is 12.8. The minimum atomic E-state index is -4.56. The van der Waals surface area contributed by atoms with E-state index in [4.69, 9.17) is 5.26 Å². The van der Waals surface area contributed by atoms with Gasteiger partial charge in [0.25, 0.3) is 0 Å². The Hall–Kier alpha value is -3.32. The van der Waals surface area contributed by atoms with E-state index in [-0.39, 0.29) is 24.6 Å². The first-order valence-electron chi connectivity index (χ1n) is 8.41. The van der Waals surface area contributed by atoms with Crippen LogP contribution in [0, 0.1) is 18.3 Å². The van der Waals surface area contributed by atoms with Crippen LogP contribution in [0.2, 0.25) is 0 Å². The van der Waals surface area contributed by atoms with E-state index in [1.165, 1.54) is 11.3 Å². The maximum absolute atomic E-state index is 12.8. The molecular weight excluding hydrogens is 403 g/mol. The van der Waals surface area contributed by atoms with Crippen molar-refractivity contribution in [3.63, 3.8) is 0 Å². The quantitative estimate of drug-likeness (QED) is 0.557. The molecule has 0 atom stereocenters. The summed E-state index contributed by atoms with van der Waals surface area (Å²) in [5, 5.41) is 11.7. The van der Waals surface area contributed by atoms with Gasteiger partial charge in [-0.2, -0.15) is 18.4 Å². The van der Waals surface area contributed by atoms with E-state index >= 15 is 0 Å². The second-order valence-corrected chi connectivity index (χ2v) is 7.12. The molecule has 0 spiro atoms. The van der Waals surface area contributed by atoms with Crippen LogP contribution in [-0.4, -0.2) is 20.7 Å². The molecule has 0 aliphatic carbocycles. The molecule has 0 saturated carbocycles. The number of thiazole rings is 1. The topological polar surface area (TPSA) is 91.6 Å². The number of nitriles is 1. The third-order valence-corrected chi connectivity index (χ3v) is 4.86. The molecule has 0 bridgehead atoms. The van der Waals surface area contributed by atoms with Gasteiger partial charge in [0.05, 0.1) is 10.9 Å². The Morgan fingerprint density at radius 3 is 2.79 bits per heavy atom. The highest BCUT2D eigenvalue weighted by Crippen LogP contribution is 2.31. The van der Waals surface area contributed by atoms with Crippen molar-refractivity contribution < 1.29 is 18.0 Å². The van der Waals surface area contributed by atoms with Crippen molar-refractivity contribution in [2.75, 3.05) is 5.32 Å². The second kappa shape index (κ2) is 8.36. The van der Waals surface area contributed by atoms with Crippen molar-refractivity contribution in [3.05, 3.63) is 52.9 Å². The Kier molecular flexibility index (Phi) is 5.89. The average Bonchev–Trinajstić information content (AvgIpc) is 3.15. The lowest BCUT2D eigenvalue weighted by molar-refractivity contribution is -0.141. The van der Waals surface area contributed by atoms with Crippen molar-refractivity contribution in [2.24, 2.45) is 0 Å². The summed E-state index contributed by atoms with van der Waals surface area (Å²) in [5.41, 5.74) is 1.06. The van der Waals surface area contributed by atoms with Crippen molar-refractivity contribution in [1.29, 1.82) is 5.26 Å². The molecule has 148 valence electrons. The van der Waals surface area contributed by atoms with Crippen molar-refractivity contribution in [1.82, 2.24) is 15.0 Å². The van der Waals surface area contributed by atoms with Crippen LogP contribution < -0.4 is 5.32 Å². The molecule has 0 amide bonds. The number of ketones is 1. The molecule has 0 fully saturated rings. The smallest absolute Gasteiger partial charge is 0.324 e. The number of carbonyl (C=O) groups is 1. The summed E-state index contributed by atoms with van der Waals surface area (Å²) in [4.78, 5) is 24.2. The summed E-state index contributed by atoms with van der Waals surface area (Å²) in [6, 6.07) is 8.05. The number of Topliss-reactive ketones (excluding diaryl/α,β-unsaturated/α-hetero) is 1. The van der Waals surface area contributed by atoms with E-state index in [1.807, 2.05) is 19.1 Å². The predicted octanol–water partition coefficient (Wildman–Crippen LogP) is 5.16. The number of nitrogens with zero attached hydrogens (tertiary/aromatic N) is 4. The maximum Gasteiger partial charge on any atom is 0.433 e. The van der Waals surface area contributed by atoms with Crippen molar-refractivity contribution in [3.8, 4) is 16.5 Å². The number of aromatic nitrogens is 3. The van der Waals surface area contributed by atoms with E-state index in [1.54, 1.807) is 18.3 Å². The molecule has 0 unspecified atom stereocenters. The summed E-state index contributed by atoms with van der Waals surface area (Å²) < 4.78 is 38.5. The van der Waals surface area contributed by atoms with Gasteiger partial charge in [0, 0.05) is 30.9 Å². The van der Waals surface area contributed by atoms with Crippen LogP contribution >= 0.6 is 11.3 Å². The van der Waals surface area contributed by atoms with Gasteiger partial charge < -0.3 is 5.32 Å². The molecule has 29 heavy (non-hydrogen) atoms. The SMILES string of the molecule is Cc1cc(Nc2nccc(C(F)(F)F)n2)cc(-c2cnc(C(=O)CCC#N)s2)c1. The highest BCUT2D eigenvalue weighted by atomic mass is 32.1. The number of anilines is 2. The normalized spacial score (nSPS) is 11.1. The molecule has 1 aromatic carbocycles. The first-order valence-corrected chi connectivity index (χ1v) is 9.23. The van der Waals surface area contributed by atoms with Gasteiger partial charge in [-0.15, -0.1) is 11.3 Å². The number of hydrogen-bond acceptors (Lipinski definition) is 7. The molecule has 3 rings (SSSR count). The first kappa shape index (κ1) is 20.4. The number of alkyl halides is 3. The lowest BCUT2D eigenvalue weighted by atomic mass is 10.1. The standard InChI is InChI=1S/C19H14F3N5OS/c1-11-7-12(15-10-25-17(29-15)14(28)3-2-5-23)9-13(8-11)26-18-24-6-4-16(27-18)19(20,21)22/h4,6-10H,2-3H2,1H3,(H,24,26,27). The summed E-state index contributed by atoms with van der Waals surface area (Å²) in [6.07, 6.45) is -1.73. The summed E-state index contributed by atoms with van der Waals surface area (Å²) in [7, 11) is 0. The fourth-order valence-corrected chi connectivity index (χ4v) is 3.39. The Morgan fingerprint density at radius 1 is 1.28 bits per heavy atom. The van der Waals surface area contributed by atoms with E-state index < -0.39 is 11.9 Å². The average molecular weight is 417 g/mol. The number of benzene rings is 1. The van der Waals surface area contributed by atoms with Gasteiger partial charge in [0.2, 0.25) is 5.95 Å². The highest BCUT2D eigenvalue weighted by Gasteiger charge is 2.32. The molecule has 6 nitrogen and oxygen atoms in total. The molecule has 1 N–H and O–H groups in total. The molecule has 3 aromatic rings. The number of aryl methyl sites for hydroxylation is 1. The number of carbonyl (C=O) groups excluding carboxylic acids is 1. The molecule has 0 aliphatic heterocycles. The van der Waals surface area contributed by atoms with E-state index in [9.17, 15) is 18.0 Å². The molecule has 0 radical (unpaired) electrons. The Bertz CT molecular complexity index is 1090. The van der Waals surface area contributed by atoms with Crippen molar-refractivity contribution >= 4 is 28.8 Å². The third kappa shape index (κ3) is 5.14. The number of rotatable bonds is 6. The zero-order valence-electron chi connectivity index (χ0n) is 15.1. The fraction of sp³-hybridized carbons (Fsp3) is 0.211. The van der Waals surface area contributed by atoms with Crippen LogP contribution in [0.25, 0.3) is 10.4 Å². The number of nitrogens with one attached hydrogen (secondary N) is 1. The second-order valence-electron chi connectivity index (χ2n) is 6.09. The molecule has 2 aromatic heterocycles. The largest absolute Gasteiger partial charge is 0.433 e. The first-order chi connectivity index (χ1) is 13.8. The summed E-state index contributed by atoms with van der Waals surface area (Å²) in [5.74, 6) is -0.376. The minimum absolute atomic E-state index is 0.108. The lowest BCUT2D eigenvalue weighted by Crippen LogP contribution is -2.10. The fourth-order valence-electron chi connectivity index (χ4n) is 2.52. The molecular formula is C19H14F3N5OS. The van der Waals surface area contributed by atoms with Crippen molar-refractivity contribution in [2.45, 2.75) is 25.9 Å². The Labute approximate surface area is 168 Å². The predicted molar refractivity (Wildman–Crippen MR) is 102 cm³/mol. The van der Waals surface area contributed by atoms with Crippen LogP contribution in [0.1, 0.15) is 33.9 Å². The van der Waals surface area contributed by atoms with Gasteiger partial charge >= 0.3 is 6.18 Å². The molecule has 0 saturated heterocycles. The summed E-state index contributed by atoms with van der Waals surface area (Å²) >= 11 is 1.20. The van der Waals surface area contributed by atoms with Gasteiger partial charge in [-0.1, -0.05) is 6.07 Å². The van der Waals surface area contributed by atoms with Gasteiger partial charge in [0.15, 0.2) is 10.8 Å². The zero-order valence-corrected chi connectivity index (χ0v) is 15.9. The van der Waals surface area contributed by atoms with E-state index in [2.05, 4.69) is 20.3 Å². The van der Waals surface area contributed by atoms with Crippen LogP contribution in [0.5, 0.6) is 0 Å².